The Morgan fingerprint density at radius 3 is 2.27 bits per heavy atom. The van der Waals surface area contributed by atoms with Crippen LogP contribution in [0.25, 0.3) is 0 Å². The van der Waals surface area contributed by atoms with Crippen molar-refractivity contribution < 1.29 is 18.7 Å². The number of aliphatic hydroxyl groups excluding tert-OH is 1. The summed E-state index contributed by atoms with van der Waals surface area (Å²) in [7, 11) is 1.89. The van der Waals surface area contributed by atoms with Crippen LogP contribution in [0.2, 0.25) is 0 Å². The fourth-order valence-electron chi connectivity index (χ4n) is 1.31. The molecule has 15 heavy (non-hydrogen) atoms. The summed E-state index contributed by atoms with van der Waals surface area (Å²) in [6, 6.07) is 0. The zero-order valence-electron chi connectivity index (χ0n) is 10.4. The normalized spacial score (nSPS) is 13.1. The molecule has 1 N–H and O–H groups in total. The molecule has 0 saturated heterocycles. The van der Waals surface area contributed by atoms with Crippen molar-refractivity contribution in [3.05, 3.63) is 0 Å². The molecule has 4 nitrogen and oxygen atoms in total. The van der Waals surface area contributed by atoms with E-state index < -0.39 is 7.37 Å². The molecule has 0 spiro atoms. The molecule has 0 atom stereocenters. The van der Waals surface area contributed by atoms with Gasteiger partial charge in [0, 0.05) is 13.3 Å². The highest BCUT2D eigenvalue weighted by molar-refractivity contribution is 7.57. The number of hydrogen-bond donors (Lipinski definition) is 1. The summed E-state index contributed by atoms with van der Waals surface area (Å²) in [6.07, 6.45) is 1.96. The van der Waals surface area contributed by atoms with E-state index >= 15 is 0 Å². The third-order valence-electron chi connectivity index (χ3n) is 2.27. The van der Waals surface area contributed by atoms with Crippen LogP contribution in [-0.4, -0.2) is 63.3 Å². The van der Waals surface area contributed by atoms with E-state index in [1.807, 2.05) is 0 Å². The summed E-state index contributed by atoms with van der Waals surface area (Å²) in [4.78, 5) is 0. The molecule has 0 saturated carbocycles. The second-order valence-corrected chi connectivity index (χ2v) is 7.66. The summed E-state index contributed by atoms with van der Waals surface area (Å²) in [5.74, 6) is 0. The van der Waals surface area contributed by atoms with E-state index in [2.05, 4.69) is 14.1 Å². The van der Waals surface area contributed by atoms with Crippen molar-refractivity contribution in [1.29, 1.82) is 0 Å². The van der Waals surface area contributed by atoms with Gasteiger partial charge >= 0.3 is 0 Å². The Labute approximate surface area is 93.3 Å². The summed E-state index contributed by atoms with van der Waals surface area (Å²) >= 11 is 0. The molecule has 0 aliphatic heterocycles. The van der Waals surface area contributed by atoms with E-state index in [0.717, 1.165) is 30.4 Å². The number of unbranched alkanes of at least 4 members (excludes halogenated alkanes) is 1. The number of likely N-dealkylation sites (N-methyl/N-ethyl adjacent to an activating group) is 1. The standard InChI is InChI=1S/C10H25NO3P/c1-11(2,8-9-12)7-5-6-10-14-15(3,4)13/h12H,5-10H2,1-4H3/q+1. The second-order valence-electron chi connectivity index (χ2n) is 4.90. The van der Waals surface area contributed by atoms with Crippen molar-refractivity contribution in [2.24, 2.45) is 0 Å². The van der Waals surface area contributed by atoms with Crippen molar-refractivity contribution in [2.45, 2.75) is 12.8 Å². The summed E-state index contributed by atoms with van der Waals surface area (Å²) in [5, 5.41) is 8.83. The smallest absolute Gasteiger partial charge is 0.197 e. The van der Waals surface area contributed by atoms with Crippen LogP contribution in [0.3, 0.4) is 0 Å². The first-order valence-electron chi connectivity index (χ1n) is 5.39. The summed E-state index contributed by atoms with van der Waals surface area (Å²) in [6.45, 7) is 5.87. The van der Waals surface area contributed by atoms with Crippen LogP contribution in [0.4, 0.5) is 0 Å². The first kappa shape index (κ1) is 15.1. The average molecular weight is 238 g/mol. The first-order valence-corrected chi connectivity index (χ1v) is 7.91. The molecule has 0 unspecified atom stereocenters. The maximum Gasteiger partial charge on any atom is 0.197 e. The zero-order valence-corrected chi connectivity index (χ0v) is 11.3. The molecular formula is C10H25NO3P+. The predicted molar refractivity (Wildman–Crippen MR) is 63.6 cm³/mol. The third kappa shape index (κ3) is 10.4. The second kappa shape index (κ2) is 6.64. The lowest BCUT2D eigenvalue weighted by Crippen LogP contribution is -2.42. The average Bonchev–Trinajstić information content (AvgIpc) is 2.00. The van der Waals surface area contributed by atoms with Crippen molar-refractivity contribution in [3.8, 4) is 0 Å². The molecule has 0 bridgehead atoms. The molecule has 0 aromatic carbocycles. The van der Waals surface area contributed by atoms with E-state index in [9.17, 15) is 4.57 Å². The molecule has 5 heteroatoms. The third-order valence-corrected chi connectivity index (χ3v) is 3.07. The number of hydrogen-bond acceptors (Lipinski definition) is 3. The highest BCUT2D eigenvalue weighted by atomic mass is 31.2. The van der Waals surface area contributed by atoms with Gasteiger partial charge in [0.2, 0.25) is 0 Å². The minimum absolute atomic E-state index is 0.225. The molecule has 0 aliphatic rings. The molecule has 0 aromatic rings. The van der Waals surface area contributed by atoms with Gasteiger partial charge in [0.15, 0.2) is 7.37 Å². The van der Waals surface area contributed by atoms with Gasteiger partial charge in [0.05, 0.1) is 33.9 Å². The van der Waals surface area contributed by atoms with E-state index in [4.69, 9.17) is 9.63 Å². The van der Waals surface area contributed by atoms with Crippen molar-refractivity contribution >= 4 is 7.37 Å². The zero-order chi connectivity index (χ0) is 11.9. The van der Waals surface area contributed by atoms with Crippen LogP contribution >= 0.6 is 7.37 Å². The molecule has 92 valence electrons. The van der Waals surface area contributed by atoms with Gasteiger partial charge in [-0.05, 0) is 12.8 Å². The van der Waals surface area contributed by atoms with Crippen LogP contribution < -0.4 is 0 Å². The number of aliphatic hydroxyl groups is 1. The topological polar surface area (TPSA) is 46.5 Å². The highest BCUT2D eigenvalue weighted by Gasteiger charge is 2.13. The van der Waals surface area contributed by atoms with E-state index in [1.54, 1.807) is 13.3 Å². The molecule has 0 rings (SSSR count). The maximum atomic E-state index is 11.2. The largest absolute Gasteiger partial charge is 0.391 e. The lowest BCUT2D eigenvalue weighted by Gasteiger charge is -2.28. The van der Waals surface area contributed by atoms with Crippen LogP contribution in [0.5, 0.6) is 0 Å². The quantitative estimate of drug-likeness (QED) is 0.395. The molecule has 0 amide bonds. The minimum Gasteiger partial charge on any atom is -0.391 e. The number of quaternary nitrogens is 1. The molecular weight excluding hydrogens is 213 g/mol. The van der Waals surface area contributed by atoms with Crippen molar-refractivity contribution in [3.63, 3.8) is 0 Å². The summed E-state index contributed by atoms with van der Waals surface area (Å²) in [5.41, 5.74) is 0. The van der Waals surface area contributed by atoms with Gasteiger partial charge < -0.3 is 14.1 Å². The lowest BCUT2D eigenvalue weighted by molar-refractivity contribution is -0.890. The van der Waals surface area contributed by atoms with Crippen LogP contribution in [-0.2, 0) is 9.09 Å². The fraction of sp³-hybridized carbons (Fsp3) is 1.00. The van der Waals surface area contributed by atoms with Crippen molar-refractivity contribution in [1.82, 2.24) is 0 Å². The van der Waals surface area contributed by atoms with Gasteiger partial charge in [-0.15, -0.1) is 0 Å². The lowest BCUT2D eigenvalue weighted by atomic mass is 10.3. The molecule has 0 aliphatic carbocycles. The van der Waals surface area contributed by atoms with E-state index in [-0.39, 0.29) is 6.61 Å². The Bertz CT molecular complexity index is 213. The predicted octanol–water partition coefficient (Wildman–Crippen LogP) is 1.39. The number of rotatable bonds is 8. The minimum atomic E-state index is -2.30. The molecule has 0 radical (unpaired) electrons. The van der Waals surface area contributed by atoms with Gasteiger partial charge in [-0.25, -0.2) is 0 Å². The van der Waals surface area contributed by atoms with Gasteiger partial charge in [-0.2, -0.15) is 0 Å². The molecule has 0 aromatic heterocycles. The number of nitrogens with zero attached hydrogens (tertiary/aromatic N) is 1. The Hall–Kier alpha value is 0.110. The van der Waals surface area contributed by atoms with Crippen LogP contribution in [0, 0.1) is 0 Å². The summed E-state index contributed by atoms with van der Waals surface area (Å²) < 4.78 is 17.2. The van der Waals surface area contributed by atoms with Crippen molar-refractivity contribution in [2.75, 3.05) is 53.7 Å². The molecule has 0 fully saturated rings. The highest BCUT2D eigenvalue weighted by Crippen LogP contribution is 2.37. The van der Waals surface area contributed by atoms with E-state index in [0.29, 0.717) is 6.61 Å². The first-order chi connectivity index (χ1) is 6.77. The fourth-order valence-corrected chi connectivity index (χ4v) is 1.88. The van der Waals surface area contributed by atoms with Crippen LogP contribution in [0.15, 0.2) is 0 Å². The van der Waals surface area contributed by atoms with Crippen LogP contribution in [0.1, 0.15) is 12.8 Å². The molecule has 0 heterocycles. The Morgan fingerprint density at radius 2 is 1.80 bits per heavy atom. The Kier molecular flexibility index (Phi) is 6.69. The maximum absolute atomic E-state index is 11.2. The SMILES string of the molecule is C[N+](C)(CCO)CCCCOP(C)(C)=O. The van der Waals surface area contributed by atoms with Gasteiger partial charge in [0.1, 0.15) is 6.54 Å². The van der Waals surface area contributed by atoms with Gasteiger partial charge in [-0.3, -0.25) is 4.57 Å². The Morgan fingerprint density at radius 1 is 1.20 bits per heavy atom. The Balaban J connectivity index is 3.50. The van der Waals surface area contributed by atoms with Gasteiger partial charge in [-0.1, -0.05) is 0 Å². The monoisotopic (exact) mass is 238 g/mol. The van der Waals surface area contributed by atoms with Gasteiger partial charge in [0.25, 0.3) is 0 Å². The van der Waals surface area contributed by atoms with E-state index in [1.165, 1.54) is 0 Å².